The van der Waals surface area contributed by atoms with Gasteiger partial charge in [0.1, 0.15) is 9.01 Å². The van der Waals surface area contributed by atoms with Gasteiger partial charge in [-0.1, -0.05) is 36.8 Å². The van der Waals surface area contributed by atoms with E-state index in [1.54, 1.807) is 11.3 Å². The Balaban J connectivity index is 1.39. The number of fused-ring (bicyclic) bond motifs is 1. The number of anilines is 1. The highest BCUT2D eigenvalue weighted by atomic mass is 32.2. The molecule has 0 spiro atoms. The number of rotatable bonds is 10. The highest BCUT2D eigenvalue weighted by Gasteiger charge is 2.08. The lowest BCUT2D eigenvalue weighted by atomic mass is 10.1. The van der Waals surface area contributed by atoms with Crippen LogP contribution in [0, 0.1) is 0 Å². The van der Waals surface area contributed by atoms with Gasteiger partial charge in [-0.3, -0.25) is 0 Å². The summed E-state index contributed by atoms with van der Waals surface area (Å²) in [5.74, 6) is 0. The second kappa shape index (κ2) is 11.2. The maximum Gasteiger partial charge on any atom is 0.231 e. The Hall–Kier alpha value is -2.97. The first-order valence-corrected chi connectivity index (χ1v) is 13.0. The van der Waals surface area contributed by atoms with Crippen molar-refractivity contribution in [3.05, 3.63) is 60.2 Å². The van der Waals surface area contributed by atoms with E-state index in [1.807, 2.05) is 30.3 Å². The Morgan fingerprint density at radius 1 is 0.788 bits per heavy atom. The molecule has 0 saturated carbocycles. The molecule has 33 heavy (non-hydrogen) atoms. The number of azo groups is 2. The fourth-order valence-electron chi connectivity index (χ4n) is 3.44. The van der Waals surface area contributed by atoms with Crippen LogP contribution < -0.4 is 4.90 Å². The largest absolute Gasteiger partial charge is 0.372 e. The second-order valence-electron chi connectivity index (χ2n) is 7.61. The van der Waals surface area contributed by atoms with Gasteiger partial charge in [0.25, 0.3) is 0 Å². The lowest BCUT2D eigenvalue weighted by Gasteiger charge is -2.20. The number of nitrogens with zero attached hydrogens (tertiary/aromatic N) is 6. The van der Waals surface area contributed by atoms with Crippen molar-refractivity contribution < 1.29 is 0 Å². The summed E-state index contributed by atoms with van der Waals surface area (Å²) in [5.41, 5.74) is 5.11. The Morgan fingerprint density at radius 3 is 2.09 bits per heavy atom. The van der Waals surface area contributed by atoms with Crippen LogP contribution in [-0.4, -0.2) is 18.1 Å². The summed E-state index contributed by atoms with van der Waals surface area (Å²) in [6.45, 7) is 8.49. The highest BCUT2D eigenvalue weighted by Crippen LogP contribution is 2.39. The summed E-state index contributed by atoms with van der Waals surface area (Å²) in [7, 11) is 0. The first kappa shape index (κ1) is 23.2. The Morgan fingerprint density at radius 2 is 1.45 bits per heavy atom. The molecule has 0 radical (unpaired) electrons. The molecule has 6 nitrogen and oxygen atoms in total. The molecule has 2 aromatic carbocycles. The zero-order valence-corrected chi connectivity index (χ0v) is 20.9. The number of hydrogen-bond donors (Lipinski definition) is 0. The van der Waals surface area contributed by atoms with Crippen molar-refractivity contribution in [2.45, 2.75) is 40.0 Å². The van der Waals surface area contributed by atoms with E-state index in [0.29, 0.717) is 5.13 Å². The highest BCUT2D eigenvalue weighted by molar-refractivity contribution is 7.41. The molecule has 4 aromatic rings. The molecule has 0 aliphatic heterocycles. The number of aromatic nitrogens is 1. The Bertz CT molecular complexity index is 1190. The van der Waals surface area contributed by atoms with Crippen molar-refractivity contribution in [2.24, 2.45) is 20.5 Å². The summed E-state index contributed by atoms with van der Waals surface area (Å²) in [6, 6.07) is 18.4. The minimum atomic E-state index is 0.648. The van der Waals surface area contributed by atoms with Crippen molar-refractivity contribution in [1.29, 1.82) is 0 Å². The van der Waals surface area contributed by atoms with Crippen molar-refractivity contribution in [2.75, 3.05) is 18.0 Å². The molecule has 0 N–H and O–H groups in total. The molecular weight excluding hydrogens is 448 g/mol. The van der Waals surface area contributed by atoms with Crippen LogP contribution in [0.15, 0.2) is 75.1 Å². The maximum absolute atomic E-state index is 4.57. The van der Waals surface area contributed by atoms with E-state index in [9.17, 15) is 0 Å². The third-order valence-electron chi connectivity index (χ3n) is 5.32. The van der Waals surface area contributed by atoms with Crippen LogP contribution in [0.5, 0.6) is 0 Å². The van der Waals surface area contributed by atoms with Gasteiger partial charge in [0, 0.05) is 24.8 Å². The summed E-state index contributed by atoms with van der Waals surface area (Å²) >= 11 is 3.09. The Labute approximate surface area is 202 Å². The lowest BCUT2D eigenvalue weighted by Crippen LogP contribution is -2.21. The van der Waals surface area contributed by atoms with Gasteiger partial charge in [0.2, 0.25) is 5.13 Å². The molecule has 0 amide bonds. The molecule has 0 unspecified atom stereocenters. The number of aryl methyl sites for hydroxylation is 1. The maximum atomic E-state index is 4.57. The molecule has 0 aliphatic carbocycles. The minimum absolute atomic E-state index is 0.648. The molecule has 0 bridgehead atoms. The van der Waals surface area contributed by atoms with Crippen LogP contribution in [0.4, 0.5) is 27.2 Å². The number of thiazole rings is 1. The minimum Gasteiger partial charge on any atom is -0.372 e. The number of unbranched alkanes of at least 4 members (excludes halogenated alkanes) is 1. The molecule has 0 aliphatic rings. The van der Waals surface area contributed by atoms with Crippen LogP contribution in [0.1, 0.15) is 39.2 Å². The predicted octanol–water partition coefficient (Wildman–Crippen LogP) is 9.38. The summed E-state index contributed by atoms with van der Waals surface area (Å²) in [6.07, 6.45) is 3.53. The van der Waals surface area contributed by atoms with Crippen LogP contribution in [0.25, 0.3) is 9.53 Å². The van der Waals surface area contributed by atoms with E-state index in [1.165, 1.54) is 35.4 Å². The van der Waals surface area contributed by atoms with E-state index in [4.69, 9.17) is 0 Å². The zero-order valence-electron chi connectivity index (χ0n) is 19.2. The third-order valence-corrected chi connectivity index (χ3v) is 7.37. The third kappa shape index (κ3) is 6.09. The molecule has 2 aromatic heterocycles. The van der Waals surface area contributed by atoms with Crippen molar-refractivity contribution in [1.82, 2.24) is 4.98 Å². The summed E-state index contributed by atoms with van der Waals surface area (Å²) in [4.78, 5) is 6.87. The Kier molecular flexibility index (Phi) is 7.91. The fraction of sp³-hybridized carbons (Fsp3) is 0.320. The molecule has 0 saturated heterocycles. The smallest absolute Gasteiger partial charge is 0.231 e. The van der Waals surface area contributed by atoms with Gasteiger partial charge >= 0.3 is 0 Å². The van der Waals surface area contributed by atoms with Gasteiger partial charge in [0.15, 0.2) is 0 Å². The molecule has 170 valence electrons. The van der Waals surface area contributed by atoms with Crippen molar-refractivity contribution >= 4 is 59.4 Å². The molecule has 0 fully saturated rings. The number of hydrogen-bond acceptors (Lipinski definition) is 8. The monoisotopic (exact) mass is 476 g/mol. The predicted molar refractivity (Wildman–Crippen MR) is 141 cm³/mol. The van der Waals surface area contributed by atoms with Crippen LogP contribution in [-0.2, 0) is 6.42 Å². The van der Waals surface area contributed by atoms with Gasteiger partial charge < -0.3 is 4.90 Å². The normalized spacial score (nSPS) is 11.8. The van der Waals surface area contributed by atoms with E-state index in [0.717, 1.165) is 45.4 Å². The number of thiophene rings is 1. The van der Waals surface area contributed by atoms with Crippen LogP contribution in [0.2, 0.25) is 0 Å². The van der Waals surface area contributed by atoms with Gasteiger partial charge in [-0.2, -0.15) is 0 Å². The standard InChI is InChI=1S/C25H28N6S2/c1-4-7-8-18-9-11-19(12-10-18)27-29-23-17-22-24(32-23)33-25(26-22)30-28-20-13-15-21(16-14-20)31(5-2)6-3/h9-17H,4-8H2,1-3H3/b29-27+,30-28+. The first-order chi connectivity index (χ1) is 16.2. The first-order valence-electron chi connectivity index (χ1n) is 11.4. The van der Waals surface area contributed by atoms with E-state index < -0.39 is 0 Å². The van der Waals surface area contributed by atoms with Gasteiger partial charge in [-0.15, -0.1) is 31.8 Å². The van der Waals surface area contributed by atoms with Gasteiger partial charge in [-0.05, 0) is 68.7 Å². The molecule has 4 rings (SSSR count). The fourth-order valence-corrected chi connectivity index (χ4v) is 5.34. The van der Waals surface area contributed by atoms with Crippen LogP contribution >= 0.6 is 22.7 Å². The van der Waals surface area contributed by atoms with Crippen LogP contribution in [0.3, 0.4) is 0 Å². The zero-order chi connectivity index (χ0) is 23.0. The summed E-state index contributed by atoms with van der Waals surface area (Å²) < 4.78 is 1.07. The molecular formula is C25H28N6S2. The van der Waals surface area contributed by atoms with Crippen molar-refractivity contribution in [3.63, 3.8) is 0 Å². The molecule has 2 heterocycles. The van der Waals surface area contributed by atoms with Gasteiger partial charge in [-0.25, -0.2) is 4.98 Å². The van der Waals surface area contributed by atoms with E-state index in [-0.39, 0.29) is 0 Å². The lowest BCUT2D eigenvalue weighted by molar-refractivity contribution is 0.795. The summed E-state index contributed by atoms with van der Waals surface area (Å²) in [5, 5.41) is 18.9. The average molecular weight is 477 g/mol. The molecule has 0 atom stereocenters. The molecule has 8 heteroatoms. The SMILES string of the molecule is CCCCc1ccc(/N=N/c2cc3nc(/N=N/c4ccc(N(CC)CC)cc4)sc3s2)cc1. The van der Waals surface area contributed by atoms with Crippen molar-refractivity contribution in [3.8, 4) is 0 Å². The van der Waals surface area contributed by atoms with E-state index >= 15 is 0 Å². The number of benzene rings is 2. The topological polar surface area (TPSA) is 65.6 Å². The van der Waals surface area contributed by atoms with Gasteiger partial charge in [0.05, 0.1) is 16.9 Å². The second-order valence-corrected chi connectivity index (χ2v) is 9.88. The quantitative estimate of drug-likeness (QED) is 0.214. The average Bonchev–Trinajstić information content (AvgIpc) is 3.41. The van der Waals surface area contributed by atoms with E-state index in [2.05, 4.69) is 75.4 Å².